The Morgan fingerprint density at radius 2 is 2.06 bits per heavy atom. The third-order valence-electron chi connectivity index (χ3n) is 3.95. The lowest BCUT2D eigenvalue weighted by atomic mass is 9.78. The smallest absolute Gasteiger partial charge is 0.147 e. The molecule has 3 heteroatoms. The molecule has 18 heavy (non-hydrogen) atoms. The van der Waals surface area contributed by atoms with Crippen LogP contribution in [0.15, 0.2) is 12.1 Å². The number of aromatic nitrogens is 1. The maximum Gasteiger partial charge on any atom is 0.147 e. The van der Waals surface area contributed by atoms with Crippen LogP contribution in [0.2, 0.25) is 5.15 Å². The van der Waals surface area contributed by atoms with Crippen LogP contribution in [0.3, 0.4) is 0 Å². The number of nitriles is 1. The number of halogens is 1. The van der Waals surface area contributed by atoms with E-state index in [0.717, 1.165) is 11.6 Å². The van der Waals surface area contributed by atoms with Gasteiger partial charge in [0.2, 0.25) is 0 Å². The van der Waals surface area contributed by atoms with Crippen LogP contribution in [0.25, 0.3) is 0 Å². The highest BCUT2D eigenvalue weighted by atomic mass is 35.5. The summed E-state index contributed by atoms with van der Waals surface area (Å²) in [6, 6.07) is 5.82. The van der Waals surface area contributed by atoms with Crippen molar-refractivity contribution in [2.24, 2.45) is 5.92 Å². The van der Waals surface area contributed by atoms with E-state index in [1.54, 1.807) is 6.07 Å². The Morgan fingerprint density at radius 3 is 2.61 bits per heavy atom. The molecule has 1 aromatic heterocycles. The van der Waals surface area contributed by atoms with Crippen LogP contribution in [0, 0.1) is 17.2 Å². The Hall–Kier alpha value is -1.07. The van der Waals surface area contributed by atoms with Gasteiger partial charge in [0, 0.05) is 11.6 Å². The van der Waals surface area contributed by atoms with E-state index in [1.165, 1.54) is 38.5 Å². The third-order valence-corrected chi connectivity index (χ3v) is 4.24. The number of hydrogen-bond donors (Lipinski definition) is 0. The van der Waals surface area contributed by atoms with Crippen LogP contribution < -0.4 is 0 Å². The quantitative estimate of drug-likeness (QED) is 0.742. The molecule has 0 radical (unpaired) electrons. The highest BCUT2D eigenvalue weighted by molar-refractivity contribution is 6.30. The van der Waals surface area contributed by atoms with Gasteiger partial charge in [0.05, 0.1) is 5.56 Å². The molecular formula is C15H19ClN2. The predicted molar refractivity (Wildman–Crippen MR) is 73.6 cm³/mol. The summed E-state index contributed by atoms with van der Waals surface area (Å²) < 4.78 is 0. The first kappa shape index (κ1) is 13.4. The van der Waals surface area contributed by atoms with E-state index < -0.39 is 0 Å². The van der Waals surface area contributed by atoms with Crippen molar-refractivity contribution in [3.8, 4) is 6.07 Å². The van der Waals surface area contributed by atoms with Gasteiger partial charge in [0.15, 0.2) is 0 Å². The summed E-state index contributed by atoms with van der Waals surface area (Å²) in [6.07, 6.45) is 7.67. The van der Waals surface area contributed by atoms with Gasteiger partial charge in [0.25, 0.3) is 0 Å². The van der Waals surface area contributed by atoms with E-state index in [-0.39, 0.29) is 0 Å². The fraction of sp³-hybridized carbons (Fsp3) is 0.600. The molecule has 2 nitrogen and oxygen atoms in total. The Labute approximate surface area is 114 Å². The Morgan fingerprint density at radius 1 is 1.33 bits per heavy atom. The van der Waals surface area contributed by atoms with Gasteiger partial charge in [-0.05, 0) is 43.7 Å². The molecule has 2 rings (SSSR count). The lowest BCUT2D eigenvalue weighted by Crippen LogP contribution is -2.14. The summed E-state index contributed by atoms with van der Waals surface area (Å²) in [7, 11) is 0. The van der Waals surface area contributed by atoms with Gasteiger partial charge < -0.3 is 0 Å². The average molecular weight is 263 g/mol. The van der Waals surface area contributed by atoms with E-state index in [1.807, 2.05) is 6.07 Å². The molecule has 1 aliphatic carbocycles. The molecule has 0 N–H and O–H groups in total. The molecule has 1 heterocycles. The van der Waals surface area contributed by atoms with E-state index in [2.05, 4.69) is 18.0 Å². The van der Waals surface area contributed by atoms with Crippen LogP contribution >= 0.6 is 11.6 Å². The van der Waals surface area contributed by atoms with Crippen molar-refractivity contribution >= 4 is 11.6 Å². The average Bonchev–Trinajstić information content (AvgIpc) is 2.40. The second-order valence-electron chi connectivity index (χ2n) is 5.19. The maximum atomic E-state index is 8.84. The first-order valence-corrected chi connectivity index (χ1v) is 7.19. The summed E-state index contributed by atoms with van der Waals surface area (Å²) >= 11 is 5.99. The summed E-state index contributed by atoms with van der Waals surface area (Å²) in [5.41, 5.74) is 1.54. The molecule has 1 aromatic rings. The monoisotopic (exact) mass is 262 g/mol. The van der Waals surface area contributed by atoms with Gasteiger partial charge in [0.1, 0.15) is 11.2 Å². The molecule has 96 valence electrons. The Kier molecular flexibility index (Phi) is 4.60. The van der Waals surface area contributed by atoms with Crippen LogP contribution in [0.4, 0.5) is 0 Å². The molecule has 1 saturated carbocycles. The second kappa shape index (κ2) is 6.20. The number of hydrogen-bond acceptors (Lipinski definition) is 2. The van der Waals surface area contributed by atoms with E-state index in [9.17, 15) is 0 Å². The first-order chi connectivity index (χ1) is 8.74. The SMILES string of the molecule is CCCC1CCC(c2ccc(C#N)c(Cl)n2)CC1. The molecule has 0 amide bonds. The van der Waals surface area contributed by atoms with Crippen molar-refractivity contribution in [2.45, 2.75) is 51.4 Å². The van der Waals surface area contributed by atoms with Crippen molar-refractivity contribution in [3.05, 3.63) is 28.5 Å². The molecule has 0 aromatic carbocycles. The minimum Gasteiger partial charge on any atom is -0.239 e. The third kappa shape index (κ3) is 3.03. The number of nitrogens with zero attached hydrogens (tertiary/aromatic N) is 2. The summed E-state index contributed by atoms with van der Waals surface area (Å²) in [4.78, 5) is 4.38. The van der Waals surface area contributed by atoms with Crippen LogP contribution in [-0.4, -0.2) is 4.98 Å². The largest absolute Gasteiger partial charge is 0.239 e. The fourth-order valence-corrected chi connectivity index (χ4v) is 3.12. The van der Waals surface area contributed by atoms with Gasteiger partial charge in [-0.1, -0.05) is 31.4 Å². The van der Waals surface area contributed by atoms with E-state index in [0.29, 0.717) is 16.6 Å². The topological polar surface area (TPSA) is 36.7 Å². The lowest BCUT2D eigenvalue weighted by molar-refractivity contribution is 0.305. The normalized spacial score (nSPS) is 23.6. The minimum atomic E-state index is 0.352. The summed E-state index contributed by atoms with van der Waals surface area (Å²) in [5.74, 6) is 1.43. The molecular weight excluding hydrogens is 244 g/mol. The standard InChI is InChI=1S/C15H19ClN2/c1-2-3-11-4-6-12(7-5-11)14-9-8-13(10-17)15(16)18-14/h8-9,11-12H,2-7H2,1H3. The van der Waals surface area contributed by atoms with Gasteiger partial charge in [-0.3, -0.25) is 0 Å². The van der Waals surface area contributed by atoms with Crippen LogP contribution in [0.1, 0.15) is 62.6 Å². The number of rotatable bonds is 3. The zero-order valence-electron chi connectivity index (χ0n) is 10.8. The van der Waals surface area contributed by atoms with Gasteiger partial charge in [-0.25, -0.2) is 4.98 Å². The fourth-order valence-electron chi connectivity index (χ4n) is 2.91. The Balaban J connectivity index is 2.02. The molecule has 0 aliphatic heterocycles. The molecule has 1 fully saturated rings. The van der Waals surface area contributed by atoms with E-state index in [4.69, 9.17) is 16.9 Å². The highest BCUT2D eigenvalue weighted by Gasteiger charge is 2.23. The van der Waals surface area contributed by atoms with Crippen molar-refractivity contribution in [2.75, 3.05) is 0 Å². The zero-order valence-corrected chi connectivity index (χ0v) is 11.6. The molecule has 0 atom stereocenters. The van der Waals surface area contributed by atoms with Crippen LogP contribution in [-0.2, 0) is 0 Å². The van der Waals surface area contributed by atoms with Gasteiger partial charge in [-0.2, -0.15) is 5.26 Å². The van der Waals surface area contributed by atoms with Crippen LogP contribution in [0.5, 0.6) is 0 Å². The number of pyridine rings is 1. The Bertz CT molecular complexity index is 442. The van der Waals surface area contributed by atoms with Crippen molar-refractivity contribution < 1.29 is 0 Å². The summed E-state index contributed by atoms with van der Waals surface area (Å²) in [6.45, 7) is 2.26. The zero-order chi connectivity index (χ0) is 13.0. The highest BCUT2D eigenvalue weighted by Crippen LogP contribution is 2.37. The maximum absolute atomic E-state index is 8.84. The molecule has 0 spiro atoms. The molecule has 0 unspecified atom stereocenters. The first-order valence-electron chi connectivity index (χ1n) is 6.81. The van der Waals surface area contributed by atoms with Crippen molar-refractivity contribution in [3.63, 3.8) is 0 Å². The van der Waals surface area contributed by atoms with Crippen molar-refractivity contribution in [1.82, 2.24) is 4.98 Å². The van der Waals surface area contributed by atoms with Crippen molar-refractivity contribution in [1.29, 1.82) is 5.26 Å². The molecule has 1 aliphatic rings. The molecule has 0 bridgehead atoms. The van der Waals surface area contributed by atoms with Gasteiger partial charge >= 0.3 is 0 Å². The molecule has 0 saturated heterocycles. The predicted octanol–water partition coefficient (Wildman–Crippen LogP) is 4.68. The van der Waals surface area contributed by atoms with Gasteiger partial charge in [-0.15, -0.1) is 0 Å². The van der Waals surface area contributed by atoms with E-state index >= 15 is 0 Å². The lowest BCUT2D eigenvalue weighted by Gasteiger charge is -2.28. The summed E-state index contributed by atoms with van der Waals surface area (Å²) in [5, 5.41) is 9.19. The minimum absolute atomic E-state index is 0.352. The second-order valence-corrected chi connectivity index (χ2v) is 5.55.